The molecule has 1 aromatic heterocycles. The number of ether oxygens (including phenoxy) is 2. The number of rotatable bonds is 7. The molecule has 124 valence electrons. The van der Waals surface area contributed by atoms with Gasteiger partial charge in [-0.05, 0) is 48.6 Å². The molecule has 0 bridgehead atoms. The molecule has 1 N–H and O–H groups in total. The third-order valence-electron chi connectivity index (χ3n) is 3.62. The average molecular weight is 334 g/mol. The van der Waals surface area contributed by atoms with Crippen LogP contribution in [0.25, 0.3) is 0 Å². The van der Waals surface area contributed by atoms with Crippen molar-refractivity contribution in [2.24, 2.45) is 0 Å². The molecule has 2 rings (SSSR count). The lowest BCUT2D eigenvalue weighted by molar-refractivity contribution is 0.0941. The lowest BCUT2D eigenvalue weighted by Crippen LogP contribution is -2.34. The van der Waals surface area contributed by atoms with Gasteiger partial charge in [-0.2, -0.15) is 11.3 Å². The number of benzene rings is 1. The molecule has 0 saturated heterocycles. The number of carbonyl (C=O) groups excluding carboxylic acids is 1. The summed E-state index contributed by atoms with van der Waals surface area (Å²) in [5, 5.41) is 7.13. The maximum absolute atomic E-state index is 12.4. The molecule has 0 spiro atoms. The number of amides is 1. The fraction of sp³-hybridized carbons (Fsp3) is 0.353. The van der Waals surface area contributed by atoms with Crippen LogP contribution >= 0.6 is 11.3 Å². The van der Waals surface area contributed by atoms with Gasteiger partial charge in [0.1, 0.15) is 11.5 Å². The first kappa shape index (κ1) is 17.3. The molecular weight excluding hydrogens is 312 g/mol. The quantitative estimate of drug-likeness (QED) is 0.846. The molecule has 5 nitrogen and oxygen atoms in total. The summed E-state index contributed by atoms with van der Waals surface area (Å²) in [6, 6.07) is 7.36. The van der Waals surface area contributed by atoms with Crippen LogP contribution in [0.1, 0.15) is 22.0 Å². The van der Waals surface area contributed by atoms with Crippen molar-refractivity contribution in [1.29, 1.82) is 0 Å². The Morgan fingerprint density at radius 1 is 1.22 bits per heavy atom. The Bertz CT molecular complexity index is 619. The summed E-state index contributed by atoms with van der Waals surface area (Å²) in [7, 11) is 7.14. The standard InChI is InChI=1S/C17H22N2O3S/c1-19(2)16(12-5-6-23-11-12)10-18-17(20)13-7-14(21-3)9-15(8-13)22-4/h5-9,11,16H,10H2,1-4H3,(H,18,20). The molecule has 1 atom stereocenters. The first-order valence-electron chi connectivity index (χ1n) is 7.25. The number of nitrogens with zero attached hydrogens (tertiary/aromatic N) is 1. The van der Waals surface area contributed by atoms with Gasteiger partial charge in [0.25, 0.3) is 5.91 Å². The number of carbonyl (C=O) groups is 1. The molecule has 1 aromatic carbocycles. The highest BCUT2D eigenvalue weighted by Gasteiger charge is 2.17. The molecule has 2 aromatic rings. The number of nitrogens with one attached hydrogen (secondary N) is 1. The molecule has 0 fully saturated rings. The lowest BCUT2D eigenvalue weighted by atomic mass is 10.1. The highest BCUT2D eigenvalue weighted by Crippen LogP contribution is 2.23. The molecular formula is C17H22N2O3S. The van der Waals surface area contributed by atoms with Crippen molar-refractivity contribution in [2.45, 2.75) is 6.04 Å². The Morgan fingerprint density at radius 2 is 1.87 bits per heavy atom. The summed E-state index contributed by atoms with van der Waals surface area (Å²) >= 11 is 1.65. The van der Waals surface area contributed by atoms with Crippen LogP contribution < -0.4 is 14.8 Å². The molecule has 1 heterocycles. The summed E-state index contributed by atoms with van der Waals surface area (Å²) < 4.78 is 10.4. The van der Waals surface area contributed by atoms with Gasteiger partial charge in [-0.1, -0.05) is 0 Å². The summed E-state index contributed by atoms with van der Waals surface area (Å²) in [4.78, 5) is 14.5. The van der Waals surface area contributed by atoms with Gasteiger partial charge in [-0.3, -0.25) is 4.79 Å². The lowest BCUT2D eigenvalue weighted by Gasteiger charge is -2.24. The van der Waals surface area contributed by atoms with Crippen molar-refractivity contribution in [2.75, 3.05) is 34.9 Å². The zero-order valence-electron chi connectivity index (χ0n) is 13.8. The number of likely N-dealkylation sites (N-methyl/N-ethyl adjacent to an activating group) is 1. The van der Waals surface area contributed by atoms with E-state index in [4.69, 9.17) is 9.47 Å². The molecule has 0 aliphatic rings. The predicted octanol–water partition coefficient (Wildman–Crippen LogP) is 2.80. The van der Waals surface area contributed by atoms with E-state index in [1.54, 1.807) is 43.8 Å². The van der Waals surface area contributed by atoms with E-state index in [0.717, 1.165) is 0 Å². The third-order valence-corrected chi connectivity index (χ3v) is 4.32. The third kappa shape index (κ3) is 4.46. The average Bonchev–Trinajstić information content (AvgIpc) is 3.08. The van der Waals surface area contributed by atoms with Crippen molar-refractivity contribution in [3.8, 4) is 11.5 Å². The van der Waals surface area contributed by atoms with Crippen LogP contribution in [-0.2, 0) is 0 Å². The van der Waals surface area contributed by atoms with Crippen molar-refractivity contribution in [1.82, 2.24) is 10.2 Å². The van der Waals surface area contributed by atoms with Crippen molar-refractivity contribution in [3.63, 3.8) is 0 Å². The zero-order chi connectivity index (χ0) is 16.8. The predicted molar refractivity (Wildman–Crippen MR) is 92.6 cm³/mol. The molecule has 1 amide bonds. The van der Waals surface area contributed by atoms with Gasteiger partial charge in [0.15, 0.2) is 0 Å². The molecule has 23 heavy (non-hydrogen) atoms. The topological polar surface area (TPSA) is 50.8 Å². The van der Waals surface area contributed by atoms with Crippen LogP contribution in [0.4, 0.5) is 0 Å². The summed E-state index contributed by atoms with van der Waals surface area (Å²) in [5.74, 6) is 1.04. The minimum absolute atomic E-state index is 0.137. The first-order valence-corrected chi connectivity index (χ1v) is 8.19. The number of hydrogen-bond acceptors (Lipinski definition) is 5. The Labute approximate surface area is 140 Å². The Kier molecular flexibility index (Phi) is 6.01. The van der Waals surface area contributed by atoms with E-state index in [9.17, 15) is 4.79 Å². The van der Waals surface area contributed by atoms with E-state index in [1.807, 2.05) is 19.5 Å². The van der Waals surface area contributed by atoms with E-state index in [0.29, 0.717) is 23.6 Å². The van der Waals surface area contributed by atoms with Gasteiger partial charge < -0.3 is 19.7 Å². The Balaban J connectivity index is 2.09. The monoisotopic (exact) mass is 334 g/mol. The highest BCUT2D eigenvalue weighted by molar-refractivity contribution is 7.07. The van der Waals surface area contributed by atoms with Crippen LogP contribution in [-0.4, -0.2) is 45.7 Å². The zero-order valence-corrected chi connectivity index (χ0v) is 14.6. The second-order valence-electron chi connectivity index (χ2n) is 5.35. The van der Waals surface area contributed by atoms with E-state index in [-0.39, 0.29) is 11.9 Å². The first-order chi connectivity index (χ1) is 11.0. The minimum Gasteiger partial charge on any atom is -0.497 e. The summed E-state index contributed by atoms with van der Waals surface area (Å²) in [6.07, 6.45) is 0. The minimum atomic E-state index is -0.149. The fourth-order valence-electron chi connectivity index (χ4n) is 2.29. The van der Waals surface area contributed by atoms with Gasteiger partial charge in [0.2, 0.25) is 0 Å². The van der Waals surface area contributed by atoms with Crippen molar-refractivity contribution >= 4 is 17.2 Å². The van der Waals surface area contributed by atoms with Crippen LogP contribution in [0.15, 0.2) is 35.0 Å². The van der Waals surface area contributed by atoms with Crippen LogP contribution in [0.3, 0.4) is 0 Å². The molecule has 0 radical (unpaired) electrons. The van der Waals surface area contributed by atoms with Gasteiger partial charge in [-0.15, -0.1) is 0 Å². The van der Waals surface area contributed by atoms with Crippen LogP contribution in [0.2, 0.25) is 0 Å². The second-order valence-corrected chi connectivity index (χ2v) is 6.13. The van der Waals surface area contributed by atoms with E-state index >= 15 is 0 Å². The van der Waals surface area contributed by atoms with Crippen LogP contribution in [0.5, 0.6) is 11.5 Å². The molecule has 0 aliphatic carbocycles. The van der Waals surface area contributed by atoms with E-state index in [1.165, 1.54) is 5.56 Å². The number of hydrogen-bond donors (Lipinski definition) is 1. The number of thiophene rings is 1. The van der Waals surface area contributed by atoms with E-state index in [2.05, 4.69) is 21.7 Å². The summed E-state index contributed by atoms with van der Waals surface area (Å²) in [5.41, 5.74) is 1.72. The maximum Gasteiger partial charge on any atom is 0.251 e. The molecule has 0 saturated carbocycles. The van der Waals surface area contributed by atoms with Gasteiger partial charge in [0, 0.05) is 18.2 Å². The number of methoxy groups -OCH3 is 2. The largest absolute Gasteiger partial charge is 0.497 e. The van der Waals surface area contributed by atoms with E-state index < -0.39 is 0 Å². The summed E-state index contributed by atoms with van der Waals surface area (Å²) in [6.45, 7) is 0.530. The second kappa shape index (κ2) is 7.99. The Morgan fingerprint density at radius 3 is 2.35 bits per heavy atom. The molecule has 0 aliphatic heterocycles. The fourth-order valence-corrected chi connectivity index (χ4v) is 3.00. The maximum atomic E-state index is 12.4. The van der Waals surface area contributed by atoms with Crippen LogP contribution in [0, 0.1) is 0 Å². The van der Waals surface area contributed by atoms with Gasteiger partial charge >= 0.3 is 0 Å². The van der Waals surface area contributed by atoms with Crippen molar-refractivity contribution in [3.05, 3.63) is 46.2 Å². The SMILES string of the molecule is COc1cc(OC)cc(C(=O)NCC(c2ccsc2)N(C)C)c1. The highest BCUT2D eigenvalue weighted by atomic mass is 32.1. The normalized spacial score (nSPS) is 12.0. The molecule has 1 unspecified atom stereocenters. The smallest absolute Gasteiger partial charge is 0.251 e. The van der Waals surface area contributed by atoms with Crippen molar-refractivity contribution < 1.29 is 14.3 Å². The molecule has 6 heteroatoms. The Hall–Kier alpha value is -2.05. The van der Waals surface area contributed by atoms with Gasteiger partial charge in [0.05, 0.1) is 20.3 Å². The van der Waals surface area contributed by atoms with Gasteiger partial charge in [-0.25, -0.2) is 0 Å².